The summed E-state index contributed by atoms with van der Waals surface area (Å²) in [5.74, 6) is -0.267. The number of anilines is 1. The second-order valence-electron chi connectivity index (χ2n) is 5.64. The summed E-state index contributed by atoms with van der Waals surface area (Å²) >= 11 is 0. The lowest BCUT2D eigenvalue weighted by molar-refractivity contribution is -0.0429. The van der Waals surface area contributed by atoms with Crippen LogP contribution in [0, 0.1) is 6.92 Å². The average Bonchev–Trinajstić information content (AvgIpc) is 3.00. The Morgan fingerprint density at radius 1 is 1.38 bits per heavy atom. The molecule has 6 nitrogen and oxygen atoms in total. The predicted octanol–water partition coefficient (Wildman–Crippen LogP) is 1.69. The Kier molecular flexibility index (Phi) is 5.09. The largest absolute Gasteiger partial charge is 0.516 e. The number of aryl methyl sites for hydroxylation is 1. The molecule has 1 aromatic rings. The molecule has 0 spiro atoms. The minimum atomic E-state index is -5.49. The summed E-state index contributed by atoms with van der Waals surface area (Å²) in [4.78, 5) is 14.0. The maximum Gasteiger partial charge on any atom is 0.516 e. The van der Waals surface area contributed by atoms with E-state index in [2.05, 4.69) is 5.32 Å². The lowest BCUT2D eigenvalue weighted by atomic mass is 10.1. The van der Waals surface area contributed by atoms with E-state index in [0.717, 1.165) is 19.0 Å². The van der Waals surface area contributed by atoms with E-state index in [-0.39, 0.29) is 28.8 Å². The van der Waals surface area contributed by atoms with E-state index in [1.165, 1.54) is 23.8 Å². The maximum absolute atomic E-state index is 12.4. The standard InChI is InChI=1S/C14H18F3N3O3S/c1-9-7-10(13(21)20(2)11-5-6-18-8-11)3-4-12(9)19-24(22,23)14(15,16)17/h3-4,7,11,18-19H,5-6,8H2,1-2H3. The minimum absolute atomic E-state index is 0.0567. The zero-order valence-corrected chi connectivity index (χ0v) is 14.0. The van der Waals surface area contributed by atoms with Crippen molar-refractivity contribution in [1.29, 1.82) is 0 Å². The first-order valence-electron chi connectivity index (χ1n) is 7.20. The number of halogens is 3. The van der Waals surface area contributed by atoms with Crippen LogP contribution in [0.3, 0.4) is 0 Å². The number of carbonyl (C=O) groups is 1. The van der Waals surface area contributed by atoms with Crippen molar-refractivity contribution in [3.05, 3.63) is 29.3 Å². The van der Waals surface area contributed by atoms with Gasteiger partial charge in [-0.25, -0.2) is 0 Å². The van der Waals surface area contributed by atoms with E-state index in [1.54, 1.807) is 11.9 Å². The van der Waals surface area contributed by atoms with Gasteiger partial charge in [-0.1, -0.05) is 0 Å². The third-order valence-corrected chi connectivity index (χ3v) is 5.02. The van der Waals surface area contributed by atoms with Crippen molar-refractivity contribution in [1.82, 2.24) is 10.2 Å². The molecule has 1 saturated heterocycles. The molecule has 1 heterocycles. The van der Waals surface area contributed by atoms with Gasteiger partial charge >= 0.3 is 15.5 Å². The number of hydrogen-bond acceptors (Lipinski definition) is 4. The molecule has 0 aromatic heterocycles. The number of rotatable bonds is 4. The molecule has 0 aliphatic carbocycles. The van der Waals surface area contributed by atoms with Crippen molar-refractivity contribution < 1.29 is 26.4 Å². The molecule has 1 fully saturated rings. The van der Waals surface area contributed by atoms with Crippen molar-refractivity contribution in [2.24, 2.45) is 0 Å². The highest BCUT2D eigenvalue weighted by atomic mass is 32.2. The molecule has 1 amide bonds. The summed E-state index contributed by atoms with van der Waals surface area (Å²) in [5, 5.41) is 3.14. The summed E-state index contributed by atoms with van der Waals surface area (Å²) in [7, 11) is -3.83. The predicted molar refractivity (Wildman–Crippen MR) is 83.1 cm³/mol. The number of amides is 1. The highest BCUT2D eigenvalue weighted by molar-refractivity contribution is 7.93. The molecule has 24 heavy (non-hydrogen) atoms. The van der Waals surface area contributed by atoms with Crippen LogP contribution in [0.15, 0.2) is 18.2 Å². The van der Waals surface area contributed by atoms with Gasteiger partial charge in [0.15, 0.2) is 0 Å². The average molecular weight is 365 g/mol. The van der Waals surface area contributed by atoms with E-state index in [1.807, 2.05) is 0 Å². The Hall–Kier alpha value is -1.81. The van der Waals surface area contributed by atoms with Crippen molar-refractivity contribution >= 4 is 21.6 Å². The van der Waals surface area contributed by atoms with Crippen molar-refractivity contribution in [3.63, 3.8) is 0 Å². The number of nitrogens with one attached hydrogen (secondary N) is 2. The third-order valence-electron chi connectivity index (χ3n) is 3.92. The smallest absolute Gasteiger partial charge is 0.337 e. The van der Waals surface area contributed by atoms with Crippen LogP contribution in [0.5, 0.6) is 0 Å². The molecule has 10 heteroatoms. The molecule has 0 radical (unpaired) electrons. The number of likely N-dealkylation sites (N-methyl/N-ethyl adjacent to an activating group) is 1. The van der Waals surface area contributed by atoms with Gasteiger partial charge in [0.1, 0.15) is 0 Å². The third kappa shape index (κ3) is 3.81. The van der Waals surface area contributed by atoms with E-state index < -0.39 is 15.5 Å². The highest BCUT2D eigenvalue weighted by Gasteiger charge is 2.46. The number of carbonyl (C=O) groups excluding carboxylic acids is 1. The fourth-order valence-corrected chi connectivity index (χ4v) is 3.09. The van der Waals surface area contributed by atoms with Crippen LogP contribution in [0.25, 0.3) is 0 Å². The first-order valence-corrected chi connectivity index (χ1v) is 8.69. The summed E-state index contributed by atoms with van der Waals surface area (Å²) in [6.45, 7) is 2.94. The van der Waals surface area contributed by atoms with Crippen LogP contribution >= 0.6 is 0 Å². The Morgan fingerprint density at radius 2 is 2.04 bits per heavy atom. The van der Waals surface area contributed by atoms with Gasteiger partial charge in [0.25, 0.3) is 5.91 Å². The molecular weight excluding hydrogens is 347 g/mol. The quantitative estimate of drug-likeness (QED) is 0.851. The normalized spacial score (nSPS) is 18.5. The SMILES string of the molecule is Cc1cc(C(=O)N(C)C2CCNC2)ccc1NS(=O)(=O)C(F)(F)F. The molecule has 1 unspecified atom stereocenters. The van der Waals surface area contributed by atoms with Crippen LogP contribution in [-0.4, -0.2) is 50.9 Å². The summed E-state index contributed by atoms with van der Waals surface area (Å²) in [6.07, 6.45) is 0.824. The fourth-order valence-electron chi connectivity index (χ4n) is 2.45. The van der Waals surface area contributed by atoms with Gasteiger partial charge in [-0.15, -0.1) is 0 Å². The molecule has 1 atom stereocenters. The van der Waals surface area contributed by atoms with Crippen LogP contribution in [0.2, 0.25) is 0 Å². The lowest BCUT2D eigenvalue weighted by Gasteiger charge is -2.24. The molecule has 2 N–H and O–H groups in total. The van der Waals surface area contributed by atoms with Gasteiger partial charge in [0.2, 0.25) is 0 Å². The summed E-state index contributed by atoms with van der Waals surface area (Å²) < 4.78 is 61.1. The number of sulfonamides is 1. The topological polar surface area (TPSA) is 78.5 Å². The van der Waals surface area contributed by atoms with E-state index >= 15 is 0 Å². The van der Waals surface area contributed by atoms with E-state index in [0.29, 0.717) is 6.54 Å². The van der Waals surface area contributed by atoms with Gasteiger partial charge < -0.3 is 10.2 Å². The van der Waals surface area contributed by atoms with Crippen LogP contribution in [0.1, 0.15) is 22.3 Å². The van der Waals surface area contributed by atoms with Gasteiger partial charge in [0.05, 0.1) is 5.69 Å². The molecule has 1 aliphatic rings. The van der Waals surface area contributed by atoms with Gasteiger partial charge in [0, 0.05) is 25.2 Å². The summed E-state index contributed by atoms with van der Waals surface area (Å²) in [5.41, 5.74) is -5.10. The molecule has 1 aliphatic heterocycles. The number of benzene rings is 1. The molecule has 0 saturated carbocycles. The fraction of sp³-hybridized carbons (Fsp3) is 0.500. The van der Waals surface area contributed by atoms with E-state index in [4.69, 9.17) is 0 Å². The Bertz CT molecular complexity index is 729. The molecular formula is C14H18F3N3O3S. The van der Waals surface area contributed by atoms with E-state index in [9.17, 15) is 26.4 Å². The zero-order chi connectivity index (χ0) is 18.1. The van der Waals surface area contributed by atoms with Crippen molar-refractivity contribution in [2.75, 3.05) is 24.9 Å². The van der Waals surface area contributed by atoms with Crippen LogP contribution in [-0.2, 0) is 10.0 Å². The number of alkyl halides is 3. The Labute approximate surface area is 138 Å². The zero-order valence-electron chi connectivity index (χ0n) is 13.1. The van der Waals surface area contributed by atoms with Gasteiger partial charge in [-0.05, 0) is 43.7 Å². The molecule has 1 aromatic carbocycles. The molecule has 134 valence electrons. The second-order valence-corrected chi connectivity index (χ2v) is 7.32. The monoisotopic (exact) mass is 365 g/mol. The second kappa shape index (κ2) is 6.60. The lowest BCUT2D eigenvalue weighted by Crippen LogP contribution is -2.38. The van der Waals surface area contributed by atoms with Crippen LogP contribution in [0.4, 0.5) is 18.9 Å². The first kappa shape index (κ1) is 18.5. The first-order chi connectivity index (χ1) is 11.0. The maximum atomic E-state index is 12.4. The van der Waals surface area contributed by atoms with Gasteiger partial charge in [-0.3, -0.25) is 9.52 Å². The Morgan fingerprint density at radius 3 is 2.54 bits per heavy atom. The summed E-state index contributed by atoms with van der Waals surface area (Å²) in [6, 6.07) is 3.89. The van der Waals surface area contributed by atoms with Crippen molar-refractivity contribution in [3.8, 4) is 0 Å². The van der Waals surface area contributed by atoms with Crippen molar-refractivity contribution in [2.45, 2.75) is 24.9 Å². The highest BCUT2D eigenvalue weighted by Crippen LogP contribution is 2.27. The van der Waals surface area contributed by atoms with Crippen LogP contribution < -0.4 is 10.0 Å². The number of hydrogen-bond donors (Lipinski definition) is 2. The van der Waals surface area contributed by atoms with Gasteiger partial charge in [-0.2, -0.15) is 21.6 Å². The molecule has 2 rings (SSSR count). The minimum Gasteiger partial charge on any atom is -0.337 e. The number of nitrogens with zero attached hydrogens (tertiary/aromatic N) is 1. The Balaban J connectivity index is 2.19. The molecule has 0 bridgehead atoms.